The highest BCUT2D eigenvalue weighted by Crippen LogP contribution is 2.29. The standard InChI is InChI=1S/C24H24FNO3/c1-29-18-10-12-26(13-11-18)24(28)21-15-16(6-8-22(21)25)14-17-7-9-23(27)20-5-3-2-4-19(17)20/h2-9,15,18,27H,10-14H2,1H3. The molecule has 5 heteroatoms. The van der Waals surface area contributed by atoms with Crippen LogP contribution in [0.25, 0.3) is 10.8 Å². The van der Waals surface area contributed by atoms with Gasteiger partial charge in [0.25, 0.3) is 5.91 Å². The van der Waals surface area contributed by atoms with Crippen LogP contribution in [0.4, 0.5) is 4.39 Å². The van der Waals surface area contributed by atoms with Gasteiger partial charge in [0.15, 0.2) is 0 Å². The number of hydrogen-bond acceptors (Lipinski definition) is 3. The molecule has 3 aromatic carbocycles. The molecule has 0 aromatic heterocycles. The number of nitrogens with zero attached hydrogens (tertiary/aromatic N) is 1. The lowest BCUT2D eigenvalue weighted by molar-refractivity contribution is 0.0348. The second-order valence-electron chi connectivity index (χ2n) is 7.51. The third-order valence-electron chi connectivity index (χ3n) is 5.71. The van der Waals surface area contributed by atoms with Crippen molar-refractivity contribution < 1.29 is 19.0 Å². The minimum Gasteiger partial charge on any atom is -0.507 e. The van der Waals surface area contributed by atoms with E-state index in [9.17, 15) is 14.3 Å². The number of likely N-dealkylation sites (tertiary alicyclic amines) is 1. The van der Waals surface area contributed by atoms with Crippen LogP contribution in [0.5, 0.6) is 5.75 Å². The lowest BCUT2D eigenvalue weighted by Crippen LogP contribution is -2.41. The van der Waals surface area contributed by atoms with Crippen molar-refractivity contribution >= 4 is 16.7 Å². The number of phenols is 1. The molecule has 1 fully saturated rings. The summed E-state index contributed by atoms with van der Waals surface area (Å²) < 4.78 is 19.8. The molecule has 150 valence electrons. The average molecular weight is 393 g/mol. The fourth-order valence-electron chi connectivity index (χ4n) is 4.03. The van der Waals surface area contributed by atoms with Gasteiger partial charge in [0.05, 0.1) is 11.7 Å². The van der Waals surface area contributed by atoms with Crippen molar-refractivity contribution in [3.63, 3.8) is 0 Å². The number of benzene rings is 3. The highest BCUT2D eigenvalue weighted by Gasteiger charge is 2.25. The molecule has 0 aliphatic carbocycles. The maximum atomic E-state index is 14.5. The van der Waals surface area contributed by atoms with Gasteiger partial charge in [-0.25, -0.2) is 4.39 Å². The number of phenolic OH excluding ortho intramolecular Hbond substituents is 1. The summed E-state index contributed by atoms with van der Waals surface area (Å²) in [4.78, 5) is 14.6. The Hall–Kier alpha value is -2.92. The monoisotopic (exact) mass is 393 g/mol. The molecule has 0 bridgehead atoms. The topological polar surface area (TPSA) is 49.8 Å². The van der Waals surface area contributed by atoms with Crippen LogP contribution in [0.1, 0.15) is 34.3 Å². The molecule has 0 saturated carbocycles. The third-order valence-corrected chi connectivity index (χ3v) is 5.71. The molecule has 0 unspecified atom stereocenters. The van der Waals surface area contributed by atoms with Crippen molar-refractivity contribution in [2.24, 2.45) is 0 Å². The van der Waals surface area contributed by atoms with Crippen molar-refractivity contribution in [1.82, 2.24) is 4.90 Å². The average Bonchev–Trinajstić information content (AvgIpc) is 2.77. The van der Waals surface area contributed by atoms with Gasteiger partial charge in [-0.15, -0.1) is 0 Å². The van der Waals surface area contributed by atoms with Crippen molar-refractivity contribution in [3.8, 4) is 5.75 Å². The Morgan fingerprint density at radius 1 is 1.10 bits per heavy atom. The van der Waals surface area contributed by atoms with Crippen molar-refractivity contribution in [2.75, 3.05) is 20.2 Å². The molecule has 0 spiro atoms. The van der Waals surface area contributed by atoms with E-state index in [-0.39, 0.29) is 23.3 Å². The molecule has 0 radical (unpaired) electrons. The van der Waals surface area contributed by atoms with E-state index in [2.05, 4.69) is 0 Å². The number of aromatic hydroxyl groups is 1. The molecule has 1 saturated heterocycles. The molecule has 29 heavy (non-hydrogen) atoms. The number of fused-ring (bicyclic) bond motifs is 1. The number of amides is 1. The minimum absolute atomic E-state index is 0.112. The molecule has 1 N–H and O–H groups in total. The largest absolute Gasteiger partial charge is 0.507 e. The molecule has 1 heterocycles. The Morgan fingerprint density at radius 3 is 2.55 bits per heavy atom. The Labute approximate surface area is 169 Å². The van der Waals surface area contributed by atoms with Crippen LogP contribution < -0.4 is 0 Å². The molecule has 3 aromatic rings. The summed E-state index contributed by atoms with van der Waals surface area (Å²) in [5.41, 5.74) is 1.99. The van der Waals surface area contributed by atoms with E-state index < -0.39 is 5.82 Å². The maximum absolute atomic E-state index is 14.5. The van der Waals surface area contributed by atoms with Gasteiger partial charge in [-0.3, -0.25) is 4.79 Å². The Bertz CT molecular complexity index is 1040. The lowest BCUT2D eigenvalue weighted by atomic mass is 9.96. The maximum Gasteiger partial charge on any atom is 0.256 e. The van der Waals surface area contributed by atoms with E-state index in [0.717, 1.165) is 34.7 Å². The predicted molar refractivity (Wildman–Crippen MR) is 111 cm³/mol. The summed E-state index contributed by atoms with van der Waals surface area (Å²) in [6.45, 7) is 1.15. The highest BCUT2D eigenvalue weighted by molar-refractivity contribution is 5.95. The van der Waals surface area contributed by atoms with Crippen molar-refractivity contribution in [2.45, 2.75) is 25.4 Å². The molecular formula is C24H24FNO3. The van der Waals surface area contributed by atoms with Crippen LogP contribution in [0.2, 0.25) is 0 Å². The van der Waals surface area contributed by atoms with Gasteiger partial charge in [-0.1, -0.05) is 36.4 Å². The zero-order valence-electron chi connectivity index (χ0n) is 16.4. The van der Waals surface area contributed by atoms with Crippen LogP contribution >= 0.6 is 0 Å². The van der Waals surface area contributed by atoms with Crippen LogP contribution in [0.15, 0.2) is 54.6 Å². The first-order valence-corrected chi connectivity index (χ1v) is 9.87. The van der Waals surface area contributed by atoms with Crippen LogP contribution in [0, 0.1) is 5.82 Å². The zero-order chi connectivity index (χ0) is 20.4. The molecule has 1 aliphatic heterocycles. The first-order chi connectivity index (χ1) is 14.1. The van der Waals surface area contributed by atoms with E-state index in [1.54, 1.807) is 30.2 Å². The van der Waals surface area contributed by atoms with E-state index in [1.165, 1.54) is 6.07 Å². The van der Waals surface area contributed by atoms with E-state index >= 15 is 0 Å². The first kappa shape index (κ1) is 19.4. The molecule has 1 aliphatic rings. The van der Waals surface area contributed by atoms with Gasteiger partial charge < -0.3 is 14.7 Å². The number of carbonyl (C=O) groups is 1. The third kappa shape index (κ3) is 3.96. The molecule has 0 atom stereocenters. The Kier molecular flexibility index (Phi) is 5.49. The smallest absolute Gasteiger partial charge is 0.256 e. The summed E-state index contributed by atoms with van der Waals surface area (Å²) in [7, 11) is 1.68. The van der Waals surface area contributed by atoms with Gasteiger partial charge >= 0.3 is 0 Å². The van der Waals surface area contributed by atoms with E-state index in [4.69, 9.17) is 4.74 Å². The SMILES string of the molecule is COC1CCN(C(=O)c2cc(Cc3ccc(O)c4ccccc34)ccc2F)CC1. The first-order valence-electron chi connectivity index (χ1n) is 9.87. The predicted octanol–water partition coefficient (Wildman–Crippen LogP) is 4.53. The highest BCUT2D eigenvalue weighted by atomic mass is 19.1. The summed E-state index contributed by atoms with van der Waals surface area (Å²) in [6, 6.07) is 15.9. The number of methoxy groups -OCH3 is 1. The second kappa shape index (κ2) is 8.21. The van der Waals surface area contributed by atoms with E-state index in [0.29, 0.717) is 19.5 Å². The Morgan fingerprint density at radius 2 is 1.83 bits per heavy atom. The second-order valence-corrected chi connectivity index (χ2v) is 7.51. The van der Waals surface area contributed by atoms with Gasteiger partial charge in [-0.2, -0.15) is 0 Å². The number of piperidine rings is 1. The molecule has 4 rings (SSSR count). The quantitative estimate of drug-likeness (QED) is 0.709. The van der Waals surface area contributed by atoms with Crippen molar-refractivity contribution in [3.05, 3.63) is 77.1 Å². The normalized spacial score (nSPS) is 15.0. The van der Waals surface area contributed by atoms with Gasteiger partial charge in [0.1, 0.15) is 11.6 Å². The van der Waals surface area contributed by atoms with Crippen molar-refractivity contribution in [1.29, 1.82) is 0 Å². The Balaban J connectivity index is 1.60. The number of rotatable bonds is 4. The number of halogens is 1. The fraction of sp³-hybridized carbons (Fsp3) is 0.292. The number of carbonyl (C=O) groups excluding carboxylic acids is 1. The van der Waals surface area contributed by atoms with Crippen LogP contribution in [-0.4, -0.2) is 42.2 Å². The summed E-state index contributed by atoms with van der Waals surface area (Å²) in [6.07, 6.45) is 2.25. The number of ether oxygens (including phenoxy) is 1. The summed E-state index contributed by atoms with van der Waals surface area (Å²) >= 11 is 0. The number of hydrogen-bond donors (Lipinski definition) is 1. The summed E-state index contributed by atoms with van der Waals surface area (Å²) in [5.74, 6) is -0.531. The van der Waals surface area contributed by atoms with Gasteiger partial charge in [0, 0.05) is 25.6 Å². The van der Waals surface area contributed by atoms with Crippen LogP contribution in [0.3, 0.4) is 0 Å². The fourth-order valence-corrected chi connectivity index (χ4v) is 4.03. The van der Waals surface area contributed by atoms with E-state index in [1.807, 2.05) is 30.3 Å². The van der Waals surface area contributed by atoms with Gasteiger partial charge in [-0.05, 0) is 54.0 Å². The zero-order valence-corrected chi connectivity index (χ0v) is 16.4. The van der Waals surface area contributed by atoms with Crippen LogP contribution in [-0.2, 0) is 11.2 Å². The summed E-state index contributed by atoms with van der Waals surface area (Å²) in [5, 5.41) is 11.8. The van der Waals surface area contributed by atoms with Gasteiger partial charge in [0.2, 0.25) is 0 Å². The minimum atomic E-state index is -0.497. The molecule has 1 amide bonds. The lowest BCUT2D eigenvalue weighted by Gasteiger charge is -2.31. The molecule has 4 nitrogen and oxygen atoms in total. The molecular weight excluding hydrogens is 369 g/mol.